The van der Waals surface area contributed by atoms with E-state index in [9.17, 15) is 10.2 Å². The SMILES string of the molecule is CCCCCCCCCCCCCCCCCCC[N+](C)(CCO)C1CCCCC1.CCCCCCCCCCCCCCCCCCC[N+](C)(CCO)C1CCCCC1.[Cl-].[Cl-]. The van der Waals surface area contributed by atoms with Gasteiger partial charge in [-0.1, -0.05) is 219 Å². The minimum Gasteiger partial charge on any atom is -1.00 e. The van der Waals surface area contributed by atoms with Crippen molar-refractivity contribution >= 4 is 0 Å². The molecule has 62 heavy (non-hydrogen) atoms. The van der Waals surface area contributed by atoms with Gasteiger partial charge in [-0.15, -0.1) is 0 Å². The van der Waals surface area contributed by atoms with Crippen LogP contribution in [0.15, 0.2) is 0 Å². The Morgan fingerprint density at radius 3 is 0.677 bits per heavy atom. The van der Waals surface area contributed by atoms with Crippen LogP contribution in [0.2, 0.25) is 0 Å². The summed E-state index contributed by atoms with van der Waals surface area (Å²) in [6.45, 7) is 9.79. The fourth-order valence-electron chi connectivity index (χ4n) is 11.2. The van der Waals surface area contributed by atoms with Crippen molar-refractivity contribution in [3.63, 3.8) is 0 Å². The third-order valence-electron chi connectivity index (χ3n) is 15.7. The maximum absolute atomic E-state index is 9.56. The van der Waals surface area contributed by atoms with Crippen molar-refractivity contribution in [2.75, 3.05) is 53.5 Å². The van der Waals surface area contributed by atoms with E-state index < -0.39 is 0 Å². The molecule has 2 unspecified atom stereocenters. The summed E-state index contributed by atoms with van der Waals surface area (Å²) in [4.78, 5) is 0. The molecule has 0 saturated heterocycles. The summed E-state index contributed by atoms with van der Waals surface area (Å²) in [5, 5.41) is 19.1. The first-order valence-electron chi connectivity index (χ1n) is 28.4. The molecule has 0 amide bonds. The number of aliphatic hydroxyl groups excluding tert-OH is 2. The van der Waals surface area contributed by atoms with Crippen LogP contribution in [0.4, 0.5) is 0 Å². The molecule has 2 aliphatic rings. The van der Waals surface area contributed by atoms with Crippen LogP contribution < -0.4 is 24.8 Å². The summed E-state index contributed by atoms with van der Waals surface area (Å²) in [6, 6.07) is 1.62. The first-order chi connectivity index (χ1) is 29.5. The molecule has 2 aliphatic carbocycles. The molecule has 0 bridgehead atoms. The van der Waals surface area contributed by atoms with Crippen LogP contribution in [0, 0.1) is 0 Å². The highest BCUT2D eigenvalue weighted by Gasteiger charge is 2.33. The highest BCUT2D eigenvalue weighted by Crippen LogP contribution is 2.29. The van der Waals surface area contributed by atoms with Crippen molar-refractivity contribution in [2.45, 2.75) is 308 Å². The number of hydrogen-bond acceptors (Lipinski definition) is 2. The third kappa shape index (κ3) is 36.5. The molecule has 0 aromatic carbocycles. The maximum atomic E-state index is 9.56. The molecule has 376 valence electrons. The monoisotopic (exact) mass is 919 g/mol. The molecule has 4 nitrogen and oxygen atoms in total. The topological polar surface area (TPSA) is 40.5 Å². The van der Waals surface area contributed by atoms with Gasteiger partial charge in [0.2, 0.25) is 0 Å². The summed E-state index contributed by atoms with van der Waals surface area (Å²) in [7, 11) is 4.83. The van der Waals surface area contributed by atoms with E-state index in [1.807, 2.05) is 0 Å². The van der Waals surface area contributed by atoms with E-state index in [-0.39, 0.29) is 24.8 Å². The lowest BCUT2D eigenvalue weighted by Crippen LogP contribution is -3.00. The Morgan fingerprint density at radius 1 is 0.290 bits per heavy atom. The molecule has 2 N–H and O–H groups in total. The second kappa shape index (κ2) is 47.9. The summed E-state index contributed by atoms with van der Waals surface area (Å²) in [5.41, 5.74) is 0. The molecule has 2 fully saturated rings. The van der Waals surface area contributed by atoms with Gasteiger partial charge in [0.15, 0.2) is 0 Å². The van der Waals surface area contributed by atoms with E-state index in [0.29, 0.717) is 13.2 Å². The molecule has 0 spiro atoms. The van der Waals surface area contributed by atoms with Crippen molar-refractivity contribution in [1.29, 1.82) is 0 Å². The number of rotatable bonds is 42. The van der Waals surface area contributed by atoms with Crippen LogP contribution in [0.3, 0.4) is 0 Å². The van der Waals surface area contributed by atoms with Gasteiger partial charge in [0, 0.05) is 0 Å². The van der Waals surface area contributed by atoms with Crippen LogP contribution in [0.25, 0.3) is 0 Å². The Labute approximate surface area is 404 Å². The molecule has 2 atom stereocenters. The predicted octanol–water partition coefficient (Wildman–Crippen LogP) is 10.8. The predicted molar refractivity (Wildman–Crippen MR) is 268 cm³/mol. The summed E-state index contributed by atoms with van der Waals surface area (Å²) in [6.07, 6.45) is 63.0. The standard InChI is InChI=1S/2C28H58NO.2ClH/c2*1-3-4-5-6-7-8-9-10-11-12-13-14-15-16-17-18-22-25-29(2,26-27-30)28-23-20-19-21-24-28;;/h2*28,30H,3-27H2,1-2H3;2*1H/q2*+1;;/p-2. The molecule has 0 radical (unpaired) electrons. The Kier molecular flexibility index (Phi) is 49.8. The van der Waals surface area contributed by atoms with Gasteiger partial charge in [0.1, 0.15) is 13.1 Å². The van der Waals surface area contributed by atoms with Gasteiger partial charge in [0.05, 0.1) is 52.5 Å². The van der Waals surface area contributed by atoms with E-state index in [1.165, 1.54) is 296 Å². The average Bonchev–Trinajstić information content (AvgIpc) is 3.27. The summed E-state index contributed by atoms with van der Waals surface area (Å²) in [5.74, 6) is 0. The lowest BCUT2D eigenvalue weighted by molar-refractivity contribution is -0.935. The van der Waals surface area contributed by atoms with Gasteiger partial charge in [0.25, 0.3) is 0 Å². The van der Waals surface area contributed by atoms with Crippen molar-refractivity contribution in [1.82, 2.24) is 0 Å². The molecule has 0 aromatic rings. The number of hydrogen-bond donors (Lipinski definition) is 2. The van der Waals surface area contributed by atoms with Gasteiger partial charge in [-0.3, -0.25) is 0 Å². The molecule has 2 saturated carbocycles. The van der Waals surface area contributed by atoms with Crippen LogP contribution >= 0.6 is 0 Å². The molecule has 2 rings (SSSR count). The molecule has 0 aromatic heterocycles. The minimum atomic E-state index is 0. The molecule has 0 heterocycles. The zero-order valence-electron chi connectivity index (χ0n) is 43.1. The van der Waals surface area contributed by atoms with Gasteiger partial charge in [-0.25, -0.2) is 0 Å². The molecule has 0 aliphatic heterocycles. The van der Waals surface area contributed by atoms with Crippen LogP contribution in [0.5, 0.6) is 0 Å². The Bertz CT molecular complexity index is 786. The van der Waals surface area contributed by atoms with E-state index in [4.69, 9.17) is 0 Å². The molecular formula is C56H116Cl2N2O2. The minimum absolute atomic E-state index is 0. The number of unbranched alkanes of at least 4 members (excludes halogenated alkanes) is 32. The smallest absolute Gasteiger partial charge is 0.102 e. The molecular weight excluding hydrogens is 804 g/mol. The van der Waals surface area contributed by atoms with Gasteiger partial charge >= 0.3 is 0 Å². The average molecular weight is 920 g/mol. The lowest BCUT2D eigenvalue weighted by atomic mass is 9.92. The zero-order valence-corrected chi connectivity index (χ0v) is 44.6. The Morgan fingerprint density at radius 2 is 0.484 bits per heavy atom. The van der Waals surface area contributed by atoms with Gasteiger partial charge in [-0.2, -0.15) is 0 Å². The first kappa shape index (κ1) is 64.5. The van der Waals surface area contributed by atoms with E-state index in [1.54, 1.807) is 0 Å². The fourth-order valence-corrected chi connectivity index (χ4v) is 11.2. The maximum Gasteiger partial charge on any atom is 0.102 e. The third-order valence-corrected chi connectivity index (χ3v) is 15.7. The highest BCUT2D eigenvalue weighted by atomic mass is 35.5. The fraction of sp³-hybridized carbons (Fsp3) is 1.00. The van der Waals surface area contributed by atoms with Crippen molar-refractivity contribution < 1.29 is 44.0 Å². The highest BCUT2D eigenvalue weighted by molar-refractivity contribution is 4.68. The number of halogens is 2. The van der Waals surface area contributed by atoms with Crippen molar-refractivity contribution in [3.05, 3.63) is 0 Å². The Hall–Kier alpha value is 0.420. The van der Waals surface area contributed by atoms with E-state index in [0.717, 1.165) is 34.1 Å². The summed E-state index contributed by atoms with van der Waals surface area (Å²) < 4.78 is 2.27. The van der Waals surface area contributed by atoms with Crippen LogP contribution in [-0.2, 0) is 0 Å². The van der Waals surface area contributed by atoms with Crippen molar-refractivity contribution in [3.8, 4) is 0 Å². The Balaban J connectivity index is 0. The number of likely N-dealkylation sites (N-methyl/N-ethyl adjacent to an activating group) is 2. The number of nitrogens with zero attached hydrogens (tertiary/aromatic N) is 2. The molecule has 6 heteroatoms. The van der Waals surface area contributed by atoms with E-state index in [2.05, 4.69) is 27.9 Å². The zero-order chi connectivity index (χ0) is 43.5. The van der Waals surface area contributed by atoms with Crippen LogP contribution in [0.1, 0.15) is 296 Å². The first-order valence-corrected chi connectivity index (χ1v) is 28.4. The van der Waals surface area contributed by atoms with Crippen LogP contribution in [-0.4, -0.2) is 84.8 Å². The lowest BCUT2D eigenvalue weighted by Gasteiger charge is -2.43. The summed E-state index contributed by atoms with van der Waals surface area (Å²) >= 11 is 0. The normalized spacial score (nSPS) is 16.7. The largest absolute Gasteiger partial charge is 1.00 e. The van der Waals surface area contributed by atoms with E-state index >= 15 is 0 Å². The second-order valence-corrected chi connectivity index (χ2v) is 21.2. The van der Waals surface area contributed by atoms with Crippen molar-refractivity contribution in [2.24, 2.45) is 0 Å². The van der Waals surface area contributed by atoms with Gasteiger partial charge < -0.3 is 44.0 Å². The quantitative estimate of drug-likeness (QED) is 0.0473. The number of aliphatic hydroxyl groups is 2. The number of quaternary nitrogens is 2. The van der Waals surface area contributed by atoms with Gasteiger partial charge in [-0.05, 0) is 77.0 Å². The second-order valence-electron chi connectivity index (χ2n) is 21.2.